The van der Waals surface area contributed by atoms with Gasteiger partial charge in [0.05, 0.1) is 12.9 Å². The van der Waals surface area contributed by atoms with Crippen molar-refractivity contribution < 1.29 is 13.2 Å². The number of nitrogens with one attached hydrogen (secondary N) is 2. The van der Waals surface area contributed by atoms with Crippen LogP contribution in [0.4, 0.5) is 0 Å². The Hall–Kier alpha value is -1.76. The highest BCUT2D eigenvalue weighted by Crippen LogP contribution is 2.21. The predicted molar refractivity (Wildman–Crippen MR) is 104 cm³/mol. The van der Waals surface area contributed by atoms with Crippen molar-refractivity contribution in [3.05, 3.63) is 29.8 Å². The van der Waals surface area contributed by atoms with Gasteiger partial charge in [-0.05, 0) is 43.4 Å². The van der Waals surface area contributed by atoms with Crippen LogP contribution in [0.25, 0.3) is 0 Å². The smallest absolute Gasteiger partial charge is 0.191 e. The monoisotopic (exact) mass is 369 g/mol. The molecular formula is C18H31N3O3S. The zero-order valence-electron chi connectivity index (χ0n) is 15.7. The van der Waals surface area contributed by atoms with E-state index in [4.69, 9.17) is 4.74 Å². The van der Waals surface area contributed by atoms with Crippen LogP contribution in [-0.2, 0) is 9.84 Å². The van der Waals surface area contributed by atoms with E-state index in [2.05, 4.69) is 34.7 Å². The highest BCUT2D eigenvalue weighted by atomic mass is 32.2. The number of rotatable bonds is 10. The number of nitrogens with zero attached hydrogens (tertiary/aromatic N) is 1. The molecule has 0 heterocycles. The van der Waals surface area contributed by atoms with Gasteiger partial charge in [0.2, 0.25) is 0 Å². The van der Waals surface area contributed by atoms with Crippen LogP contribution in [0.2, 0.25) is 0 Å². The minimum Gasteiger partial charge on any atom is -0.497 e. The van der Waals surface area contributed by atoms with Crippen molar-refractivity contribution in [2.24, 2.45) is 4.99 Å². The van der Waals surface area contributed by atoms with Gasteiger partial charge in [-0.3, -0.25) is 4.99 Å². The zero-order chi connectivity index (χ0) is 18.7. The van der Waals surface area contributed by atoms with Gasteiger partial charge in [-0.2, -0.15) is 0 Å². The first kappa shape index (κ1) is 21.3. The molecule has 0 spiro atoms. The molecule has 1 aromatic carbocycles. The van der Waals surface area contributed by atoms with Crippen LogP contribution in [0.1, 0.15) is 38.2 Å². The second-order valence-electron chi connectivity index (χ2n) is 6.13. The minimum absolute atomic E-state index is 0.171. The van der Waals surface area contributed by atoms with Crippen LogP contribution in [0.3, 0.4) is 0 Å². The van der Waals surface area contributed by atoms with Crippen LogP contribution < -0.4 is 15.4 Å². The Kier molecular flexibility index (Phi) is 9.34. The summed E-state index contributed by atoms with van der Waals surface area (Å²) in [5.41, 5.74) is 1.28. The SMILES string of the molecule is CCNC(=NCCCS(C)(=O)=O)NCCC(C)c1ccc(OC)cc1. The summed E-state index contributed by atoms with van der Waals surface area (Å²) in [7, 11) is -1.25. The molecule has 0 radical (unpaired) electrons. The Morgan fingerprint density at radius 3 is 2.48 bits per heavy atom. The summed E-state index contributed by atoms with van der Waals surface area (Å²) in [6.45, 7) is 6.26. The summed E-state index contributed by atoms with van der Waals surface area (Å²) in [5.74, 6) is 2.19. The molecule has 1 rings (SSSR count). The van der Waals surface area contributed by atoms with Crippen LogP contribution >= 0.6 is 0 Å². The van der Waals surface area contributed by atoms with E-state index >= 15 is 0 Å². The second-order valence-corrected chi connectivity index (χ2v) is 8.39. The molecule has 0 saturated heterocycles. The van der Waals surface area contributed by atoms with Gasteiger partial charge in [0.15, 0.2) is 5.96 Å². The third kappa shape index (κ3) is 9.34. The van der Waals surface area contributed by atoms with Gasteiger partial charge < -0.3 is 15.4 Å². The van der Waals surface area contributed by atoms with E-state index in [1.54, 1.807) is 7.11 Å². The number of hydrogen-bond acceptors (Lipinski definition) is 4. The molecule has 25 heavy (non-hydrogen) atoms. The van der Waals surface area contributed by atoms with Gasteiger partial charge in [-0.15, -0.1) is 0 Å². The maximum absolute atomic E-state index is 11.1. The fraction of sp³-hybridized carbons (Fsp3) is 0.611. The molecule has 0 saturated carbocycles. The Labute approximate surface area is 152 Å². The van der Waals surface area contributed by atoms with Crippen molar-refractivity contribution in [1.82, 2.24) is 10.6 Å². The average molecular weight is 370 g/mol. The van der Waals surface area contributed by atoms with Crippen molar-refractivity contribution in [1.29, 1.82) is 0 Å². The summed E-state index contributed by atoms with van der Waals surface area (Å²) >= 11 is 0. The molecule has 0 aliphatic carbocycles. The van der Waals surface area contributed by atoms with E-state index in [0.717, 1.165) is 31.2 Å². The quantitative estimate of drug-likeness (QED) is 0.375. The Morgan fingerprint density at radius 1 is 1.24 bits per heavy atom. The number of ether oxygens (including phenoxy) is 1. The Balaban J connectivity index is 2.42. The van der Waals surface area contributed by atoms with E-state index in [0.29, 0.717) is 18.9 Å². The molecule has 1 aromatic rings. The molecule has 6 nitrogen and oxygen atoms in total. The molecular weight excluding hydrogens is 338 g/mol. The van der Waals surface area contributed by atoms with Crippen LogP contribution in [0.15, 0.2) is 29.3 Å². The van der Waals surface area contributed by atoms with Crippen molar-refractivity contribution in [2.45, 2.75) is 32.6 Å². The molecule has 1 unspecified atom stereocenters. The molecule has 7 heteroatoms. The second kappa shape index (κ2) is 11.0. The molecule has 1 atom stereocenters. The standard InChI is InChI=1S/C18H31N3O3S/c1-5-19-18(20-12-6-14-25(4,22)23)21-13-11-15(2)16-7-9-17(24-3)10-8-16/h7-10,15H,5-6,11-14H2,1-4H3,(H2,19,20,21). The molecule has 0 aliphatic heterocycles. The first-order valence-electron chi connectivity index (χ1n) is 8.69. The number of aliphatic imine (C=N–C) groups is 1. The van der Waals surface area contributed by atoms with E-state index in [-0.39, 0.29) is 5.75 Å². The highest BCUT2D eigenvalue weighted by Gasteiger charge is 2.06. The molecule has 0 fully saturated rings. The molecule has 0 aliphatic rings. The van der Waals surface area contributed by atoms with E-state index in [1.807, 2.05) is 19.1 Å². The zero-order valence-corrected chi connectivity index (χ0v) is 16.5. The summed E-state index contributed by atoms with van der Waals surface area (Å²) in [6.07, 6.45) is 2.76. The molecule has 0 aromatic heterocycles. The summed E-state index contributed by atoms with van der Waals surface area (Å²) in [5, 5.41) is 6.49. The molecule has 142 valence electrons. The normalized spacial score (nSPS) is 13.4. The molecule has 0 bridgehead atoms. The maximum Gasteiger partial charge on any atom is 0.191 e. The lowest BCUT2D eigenvalue weighted by molar-refractivity contribution is 0.414. The van der Waals surface area contributed by atoms with Gasteiger partial charge in [-0.1, -0.05) is 19.1 Å². The fourth-order valence-electron chi connectivity index (χ4n) is 2.37. The summed E-state index contributed by atoms with van der Waals surface area (Å²) in [6, 6.07) is 8.14. The first-order chi connectivity index (χ1) is 11.9. The molecule has 2 N–H and O–H groups in total. The van der Waals surface area contributed by atoms with Gasteiger partial charge in [0.25, 0.3) is 0 Å². The summed E-state index contributed by atoms with van der Waals surface area (Å²) < 4.78 is 27.5. The number of benzene rings is 1. The van der Waals surface area contributed by atoms with Crippen LogP contribution in [0.5, 0.6) is 5.75 Å². The highest BCUT2D eigenvalue weighted by molar-refractivity contribution is 7.90. The fourth-order valence-corrected chi connectivity index (χ4v) is 3.02. The average Bonchev–Trinajstić information content (AvgIpc) is 2.57. The Morgan fingerprint density at radius 2 is 1.92 bits per heavy atom. The predicted octanol–water partition coefficient (Wildman–Crippen LogP) is 2.18. The number of hydrogen-bond donors (Lipinski definition) is 2. The number of guanidine groups is 1. The lowest BCUT2D eigenvalue weighted by Gasteiger charge is -2.15. The molecule has 0 amide bonds. The lowest BCUT2D eigenvalue weighted by atomic mass is 9.98. The van der Waals surface area contributed by atoms with E-state index in [1.165, 1.54) is 11.8 Å². The van der Waals surface area contributed by atoms with Crippen molar-refractivity contribution in [2.75, 3.05) is 38.8 Å². The third-order valence-electron chi connectivity index (χ3n) is 3.84. The topological polar surface area (TPSA) is 79.8 Å². The Bertz CT molecular complexity index is 627. The van der Waals surface area contributed by atoms with Crippen LogP contribution in [-0.4, -0.2) is 53.1 Å². The lowest BCUT2D eigenvalue weighted by Crippen LogP contribution is -2.38. The first-order valence-corrected chi connectivity index (χ1v) is 10.8. The van der Waals surface area contributed by atoms with Gasteiger partial charge in [-0.25, -0.2) is 8.42 Å². The number of methoxy groups -OCH3 is 1. The van der Waals surface area contributed by atoms with Crippen LogP contribution in [0, 0.1) is 0 Å². The minimum atomic E-state index is -2.92. The number of sulfone groups is 1. The summed E-state index contributed by atoms with van der Waals surface area (Å²) in [4.78, 5) is 4.42. The van der Waals surface area contributed by atoms with Crippen molar-refractivity contribution >= 4 is 15.8 Å². The third-order valence-corrected chi connectivity index (χ3v) is 4.87. The maximum atomic E-state index is 11.1. The van der Waals surface area contributed by atoms with Gasteiger partial charge in [0.1, 0.15) is 15.6 Å². The van der Waals surface area contributed by atoms with E-state index in [9.17, 15) is 8.42 Å². The van der Waals surface area contributed by atoms with Gasteiger partial charge >= 0.3 is 0 Å². The van der Waals surface area contributed by atoms with Crippen molar-refractivity contribution in [3.63, 3.8) is 0 Å². The largest absolute Gasteiger partial charge is 0.497 e. The van der Waals surface area contributed by atoms with E-state index < -0.39 is 9.84 Å². The van der Waals surface area contributed by atoms with Gasteiger partial charge in [0, 0.05) is 25.9 Å². The van der Waals surface area contributed by atoms with Crippen molar-refractivity contribution in [3.8, 4) is 5.75 Å².